The Balaban J connectivity index is 2.02. The topological polar surface area (TPSA) is 34.1 Å². The van der Waals surface area contributed by atoms with E-state index in [1.807, 2.05) is 19.2 Å². The average molecular weight is 258 g/mol. The lowest BCUT2D eigenvalue weighted by Gasteiger charge is -2.16. The van der Waals surface area contributed by atoms with Crippen LogP contribution in [-0.2, 0) is 11.2 Å². The molecule has 102 valence electrons. The van der Waals surface area contributed by atoms with E-state index in [9.17, 15) is 0 Å². The van der Waals surface area contributed by atoms with Crippen LogP contribution in [0.3, 0.4) is 0 Å². The average Bonchev–Trinajstić information content (AvgIpc) is 2.46. The largest absolute Gasteiger partial charge is 0.380 e. The van der Waals surface area contributed by atoms with Gasteiger partial charge in [0.25, 0.3) is 0 Å². The third-order valence-electron chi connectivity index (χ3n) is 3.19. The molecule has 3 nitrogen and oxygen atoms in total. The molecule has 0 aliphatic rings. The van der Waals surface area contributed by atoms with Gasteiger partial charge in [0, 0.05) is 30.1 Å². The van der Waals surface area contributed by atoms with E-state index in [2.05, 4.69) is 36.5 Å². The Kier molecular flexibility index (Phi) is 5.31. The van der Waals surface area contributed by atoms with Crippen LogP contribution in [0.5, 0.6) is 0 Å². The fourth-order valence-corrected chi connectivity index (χ4v) is 2.09. The molecular weight excluding hydrogens is 236 g/mol. The molecule has 1 heterocycles. The zero-order chi connectivity index (χ0) is 13.5. The number of nitrogens with one attached hydrogen (secondary N) is 1. The quantitative estimate of drug-likeness (QED) is 0.775. The Morgan fingerprint density at radius 3 is 2.84 bits per heavy atom. The smallest absolute Gasteiger partial charge is 0.0705 e. The maximum absolute atomic E-state index is 5.61. The summed E-state index contributed by atoms with van der Waals surface area (Å²) in [6, 6.07) is 12.8. The van der Waals surface area contributed by atoms with Crippen molar-refractivity contribution >= 4 is 10.9 Å². The number of likely N-dealkylation sites (N-methyl/N-ethyl adjacent to an activating group) is 1. The van der Waals surface area contributed by atoms with Gasteiger partial charge in [-0.1, -0.05) is 31.2 Å². The van der Waals surface area contributed by atoms with E-state index in [-0.39, 0.29) is 0 Å². The van der Waals surface area contributed by atoms with Crippen LogP contribution >= 0.6 is 0 Å². The van der Waals surface area contributed by atoms with Gasteiger partial charge in [0.2, 0.25) is 0 Å². The van der Waals surface area contributed by atoms with Crippen LogP contribution in [0.25, 0.3) is 10.9 Å². The minimum Gasteiger partial charge on any atom is -0.380 e. The summed E-state index contributed by atoms with van der Waals surface area (Å²) in [4.78, 5) is 4.70. The van der Waals surface area contributed by atoms with E-state index in [0.29, 0.717) is 6.04 Å². The maximum Gasteiger partial charge on any atom is 0.0705 e. The van der Waals surface area contributed by atoms with Crippen LogP contribution < -0.4 is 5.32 Å². The van der Waals surface area contributed by atoms with Crippen molar-refractivity contribution in [2.24, 2.45) is 0 Å². The van der Waals surface area contributed by atoms with Gasteiger partial charge in [-0.25, -0.2) is 0 Å². The summed E-state index contributed by atoms with van der Waals surface area (Å²) in [7, 11) is 1.97. The zero-order valence-corrected chi connectivity index (χ0v) is 11.7. The minimum atomic E-state index is 0.320. The van der Waals surface area contributed by atoms with Gasteiger partial charge in [0.05, 0.1) is 12.1 Å². The van der Waals surface area contributed by atoms with Crippen LogP contribution in [-0.4, -0.2) is 31.3 Å². The Morgan fingerprint density at radius 1 is 1.21 bits per heavy atom. The summed E-state index contributed by atoms with van der Waals surface area (Å²) in [5, 5.41) is 4.48. The number of benzene rings is 1. The highest BCUT2D eigenvalue weighted by Crippen LogP contribution is 2.12. The number of para-hydroxylation sites is 1. The first-order valence-electron chi connectivity index (χ1n) is 6.93. The van der Waals surface area contributed by atoms with Crippen molar-refractivity contribution < 1.29 is 4.74 Å². The highest BCUT2D eigenvalue weighted by atomic mass is 16.5. The molecule has 0 aliphatic heterocycles. The lowest BCUT2D eigenvalue weighted by atomic mass is 10.1. The number of hydrogen-bond donors (Lipinski definition) is 1. The second kappa shape index (κ2) is 7.22. The second-order valence-electron chi connectivity index (χ2n) is 4.76. The fourth-order valence-electron chi connectivity index (χ4n) is 2.09. The lowest BCUT2D eigenvalue weighted by Crippen LogP contribution is -2.33. The van der Waals surface area contributed by atoms with E-state index in [4.69, 9.17) is 9.72 Å². The molecule has 0 radical (unpaired) electrons. The number of fused-ring (bicyclic) bond motifs is 1. The Bertz CT molecular complexity index is 513. The normalized spacial score (nSPS) is 12.7. The van der Waals surface area contributed by atoms with Crippen molar-refractivity contribution in [2.45, 2.75) is 25.8 Å². The summed E-state index contributed by atoms with van der Waals surface area (Å²) in [5.41, 5.74) is 2.17. The van der Waals surface area contributed by atoms with Gasteiger partial charge in [-0.3, -0.25) is 4.98 Å². The molecule has 2 rings (SSSR count). The summed E-state index contributed by atoms with van der Waals surface area (Å²) in [6.45, 7) is 3.68. The molecule has 1 aromatic heterocycles. The van der Waals surface area contributed by atoms with Crippen LogP contribution in [0, 0.1) is 0 Å². The van der Waals surface area contributed by atoms with Gasteiger partial charge in [-0.2, -0.15) is 0 Å². The zero-order valence-electron chi connectivity index (χ0n) is 11.7. The van der Waals surface area contributed by atoms with E-state index >= 15 is 0 Å². The molecule has 2 aromatic rings. The molecule has 0 aliphatic carbocycles. The molecule has 0 saturated heterocycles. The van der Waals surface area contributed by atoms with Crippen molar-refractivity contribution in [2.75, 3.05) is 20.3 Å². The summed E-state index contributed by atoms with van der Waals surface area (Å²) < 4.78 is 5.61. The molecule has 1 unspecified atom stereocenters. The lowest BCUT2D eigenvalue weighted by molar-refractivity contribution is 0.113. The number of nitrogens with zero attached hydrogens (tertiary/aromatic N) is 1. The van der Waals surface area contributed by atoms with Crippen molar-refractivity contribution in [1.82, 2.24) is 10.3 Å². The number of rotatable bonds is 7. The van der Waals surface area contributed by atoms with Gasteiger partial charge < -0.3 is 10.1 Å². The number of ether oxygens (including phenoxy) is 1. The van der Waals surface area contributed by atoms with E-state index < -0.39 is 0 Å². The van der Waals surface area contributed by atoms with Crippen molar-refractivity contribution in [3.8, 4) is 0 Å². The number of pyridine rings is 1. The third kappa shape index (κ3) is 4.01. The molecule has 0 saturated carbocycles. The van der Waals surface area contributed by atoms with Gasteiger partial charge in [0.15, 0.2) is 0 Å². The van der Waals surface area contributed by atoms with E-state index in [1.165, 1.54) is 5.39 Å². The highest BCUT2D eigenvalue weighted by Gasteiger charge is 2.08. The second-order valence-corrected chi connectivity index (χ2v) is 4.76. The van der Waals surface area contributed by atoms with Gasteiger partial charge in [0.1, 0.15) is 0 Å². The first-order valence-corrected chi connectivity index (χ1v) is 6.93. The summed E-state index contributed by atoms with van der Waals surface area (Å²) in [5.74, 6) is 0. The molecule has 1 N–H and O–H groups in total. The molecule has 1 atom stereocenters. The van der Waals surface area contributed by atoms with Gasteiger partial charge in [-0.05, 0) is 25.6 Å². The molecule has 0 amide bonds. The predicted molar refractivity (Wildman–Crippen MR) is 79.4 cm³/mol. The van der Waals surface area contributed by atoms with Gasteiger partial charge >= 0.3 is 0 Å². The van der Waals surface area contributed by atoms with Crippen LogP contribution in [0.1, 0.15) is 19.0 Å². The van der Waals surface area contributed by atoms with Crippen LogP contribution in [0.2, 0.25) is 0 Å². The molecule has 0 bridgehead atoms. The fraction of sp³-hybridized carbons (Fsp3) is 0.438. The Labute approximate surface area is 115 Å². The van der Waals surface area contributed by atoms with Crippen LogP contribution in [0.4, 0.5) is 0 Å². The van der Waals surface area contributed by atoms with Gasteiger partial charge in [-0.15, -0.1) is 0 Å². The molecular formula is C16H22N2O. The minimum absolute atomic E-state index is 0.320. The Morgan fingerprint density at radius 2 is 2.05 bits per heavy atom. The monoisotopic (exact) mass is 258 g/mol. The van der Waals surface area contributed by atoms with Crippen molar-refractivity contribution in [3.05, 3.63) is 42.1 Å². The summed E-state index contributed by atoms with van der Waals surface area (Å²) in [6.07, 6.45) is 1.95. The molecule has 0 fully saturated rings. The summed E-state index contributed by atoms with van der Waals surface area (Å²) >= 11 is 0. The predicted octanol–water partition coefficient (Wildman–Crippen LogP) is 2.79. The number of aromatic nitrogens is 1. The van der Waals surface area contributed by atoms with Crippen molar-refractivity contribution in [1.29, 1.82) is 0 Å². The van der Waals surface area contributed by atoms with Crippen molar-refractivity contribution in [3.63, 3.8) is 0 Å². The SMILES string of the molecule is CCCOCC(Cc1ccc2ccccc2n1)NC. The molecule has 19 heavy (non-hydrogen) atoms. The third-order valence-corrected chi connectivity index (χ3v) is 3.19. The van der Waals surface area contributed by atoms with Crippen LogP contribution in [0.15, 0.2) is 36.4 Å². The maximum atomic E-state index is 5.61. The Hall–Kier alpha value is -1.45. The van der Waals surface area contributed by atoms with E-state index in [1.54, 1.807) is 0 Å². The first kappa shape index (κ1) is 14.0. The molecule has 3 heteroatoms. The number of hydrogen-bond acceptors (Lipinski definition) is 3. The highest BCUT2D eigenvalue weighted by molar-refractivity contribution is 5.78. The van der Waals surface area contributed by atoms with E-state index in [0.717, 1.165) is 37.3 Å². The first-order chi connectivity index (χ1) is 9.33. The molecule has 1 aromatic carbocycles. The molecule has 0 spiro atoms. The standard InChI is InChI=1S/C16H22N2O/c1-3-10-19-12-15(17-2)11-14-9-8-13-6-4-5-7-16(13)18-14/h4-9,15,17H,3,10-12H2,1-2H3.